The molecular formula is C13H19N3O3. The highest BCUT2D eigenvalue weighted by Gasteiger charge is 2.14. The molecule has 0 aliphatic rings. The Kier molecular flexibility index (Phi) is 5.17. The van der Waals surface area contributed by atoms with Gasteiger partial charge in [-0.2, -0.15) is 0 Å². The number of likely N-dealkylation sites (N-methyl/N-ethyl adjacent to an activating group) is 2. The van der Waals surface area contributed by atoms with E-state index >= 15 is 0 Å². The smallest absolute Gasteiger partial charge is 0.260 e. The number of benzene rings is 1. The van der Waals surface area contributed by atoms with Gasteiger partial charge in [0.25, 0.3) is 5.91 Å². The van der Waals surface area contributed by atoms with E-state index in [-0.39, 0.29) is 25.0 Å². The van der Waals surface area contributed by atoms with Crippen molar-refractivity contribution in [3.05, 3.63) is 24.3 Å². The van der Waals surface area contributed by atoms with E-state index < -0.39 is 0 Å². The molecule has 6 nitrogen and oxygen atoms in total. The van der Waals surface area contributed by atoms with Crippen molar-refractivity contribution in [2.24, 2.45) is 0 Å². The molecule has 0 radical (unpaired) electrons. The fourth-order valence-electron chi connectivity index (χ4n) is 1.25. The maximum Gasteiger partial charge on any atom is 0.260 e. The maximum absolute atomic E-state index is 11.7. The fourth-order valence-corrected chi connectivity index (χ4v) is 1.25. The Bertz CT molecular complexity index is 443. The average Bonchev–Trinajstić information content (AvgIpc) is 2.37. The predicted molar refractivity (Wildman–Crippen MR) is 72.7 cm³/mol. The van der Waals surface area contributed by atoms with Gasteiger partial charge in [0.15, 0.2) is 6.61 Å². The molecule has 0 atom stereocenters. The number of ether oxygens (including phenoxy) is 1. The Labute approximate surface area is 112 Å². The van der Waals surface area contributed by atoms with Crippen LogP contribution in [-0.4, -0.2) is 55.9 Å². The first-order chi connectivity index (χ1) is 8.90. The second-order valence-electron chi connectivity index (χ2n) is 4.40. The number of nitrogens with two attached hydrogens (primary N) is 1. The zero-order chi connectivity index (χ0) is 14.4. The van der Waals surface area contributed by atoms with Gasteiger partial charge in [0.05, 0.1) is 6.54 Å². The molecule has 1 aromatic rings. The summed E-state index contributed by atoms with van der Waals surface area (Å²) in [4.78, 5) is 26.0. The van der Waals surface area contributed by atoms with E-state index in [4.69, 9.17) is 10.5 Å². The lowest BCUT2D eigenvalue weighted by atomic mass is 10.3. The van der Waals surface area contributed by atoms with Gasteiger partial charge in [-0.1, -0.05) is 0 Å². The highest BCUT2D eigenvalue weighted by Crippen LogP contribution is 2.12. The highest BCUT2D eigenvalue weighted by molar-refractivity contribution is 5.85. The van der Waals surface area contributed by atoms with Crippen LogP contribution in [0.2, 0.25) is 0 Å². The molecule has 2 amide bonds. The number of rotatable bonds is 5. The minimum absolute atomic E-state index is 0.0386. The van der Waals surface area contributed by atoms with E-state index in [0.29, 0.717) is 11.4 Å². The summed E-state index contributed by atoms with van der Waals surface area (Å²) in [5, 5.41) is 0. The number of hydrogen-bond donors (Lipinski definition) is 1. The lowest BCUT2D eigenvalue weighted by Gasteiger charge is -2.19. The van der Waals surface area contributed by atoms with Crippen molar-refractivity contribution >= 4 is 17.5 Å². The minimum Gasteiger partial charge on any atom is -0.484 e. The molecule has 1 aromatic carbocycles. The van der Waals surface area contributed by atoms with Crippen LogP contribution in [0, 0.1) is 0 Å². The molecular weight excluding hydrogens is 246 g/mol. The summed E-state index contributed by atoms with van der Waals surface area (Å²) >= 11 is 0. The number of amides is 2. The molecule has 1 rings (SSSR count). The topological polar surface area (TPSA) is 75.9 Å². The summed E-state index contributed by atoms with van der Waals surface area (Å²) in [6.45, 7) is -0.0714. The van der Waals surface area contributed by atoms with Gasteiger partial charge in [-0.05, 0) is 24.3 Å². The number of nitrogen functional groups attached to an aromatic ring is 1. The maximum atomic E-state index is 11.7. The molecule has 0 fully saturated rings. The van der Waals surface area contributed by atoms with E-state index in [1.807, 2.05) is 0 Å². The van der Waals surface area contributed by atoms with Gasteiger partial charge < -0.3 is 20.3 Å². The van der Waals surface area contributed by atoms with E-state index in [9.17, 15) is 9.59 Å². The molecule has 0 aliphatic carbocycles. The summed E-state index contributed by atoms with van der Waals surface area (Å²) in [5.41, 5.74) is 6.17. The molecule has 0 aromatic heterocycles. The number of nitrogens with zero attached hydrogens (tertiary/aromatic N) is 2. The normalized spacial score (nSPS) is 9.84. The standard InChI is InChI=1S/C13H19N3O3/c1-15(2)12(17)8-16(3)13(18)9-19-11-6-4-10(14)5-7-11/h4-7H,8-9,14H2,1-3H3. The van der Waals surface area contributed by atoms with Crippen molar-refractivity contribution in [2.45, 2.75) is 0 Å². The molecule has 6 heteroatoms. The monoisotopic (exact) mass is 265 g/mol. The van der Waals surface area contributed by atoms with Crippen molar-refractivity contribution in [3.63, 3.8) is 0 Å². The Morgan fingerprint density at radius 3 is 2.21 bits per heavy atom. The van der Waals surface area contributed by atoms with Crippen molar-refractivity contribution < 1.29 is 14.3 Å². The van der Waals surface area contributed by atoms with Crippen molar-refractivity contribution in [1.82, 2.24) is 9.80 Å². The summed E-state index contributed by atoms with van der Waals surface area (Å²) < 4.78 is 5.31. The first kappa shape index (κ1) is 14.8. The molecule has 0 bridgehead atoms. The molecule has 0 heterocycles. The number of hydrogen-bond acceptors (Lipinski definition) is 4. The van der Waals surface area contributed by atoms with Crippen LogP contribution in [0.3, 0.4) is 0 Å². The minimum atomic E-state index is -0.257. The van der Waals surface area contributed by atoms with Crippen LogP contribution in [0.5, 0.6) is 5.75 Å². The second-order valence-corrected chi connectivity index (χ2v) is 4.40. The number of carbonyl (C=O) groups is 2. The zero-order valence-corrected chi connectivity index (χ0v) is 11.4. The third kappa shape index (κ3) is 4.87. The molecule has 0 saturated carbocycles. The third-order valence-electron chi connectivity index (χ3n) is 2.54. The summed E-state index contributed by atoms with van der Waals surface area (Å²) in [5.74, 6) is 0.172. The van der Waals surface area contributed by atoms with Crippen molar-refractivity contribution in [2.75, 3.05) is 40.0 Å². The molecule has 2 N–H and O–H groups in total. The largest absolute Gasteiger partial charge is 0.484 e. The lowest BCUT2D eigenvalue weighted by Crippen LogP contribution is -2.39. The molecule has 19 heavy (non-hydrogen) atoms. The van der Waals surface area contributed by atoms with Crippen molar-refractivity contribution in [1.29, 1.82) is 0 Å². The van der Waals surface area contributed by atoms with Crippen LogP contribution in [0.4, 0.5) is 5.69 Å². The lowest BCUT2D eigenvalue weighted by molar-refractivity contribution is -0.139. The van der Waals surface area contributed by atoms with Gasteiger partial charge >= 0.3 is 0 Å². The van der Waals surface area contributed by atoms with Crippen LogP contribution < -0.4 is 10.5 Å². The zero-order valence-electron chi connectivity index (χ0n) is 11.4. The van der Waals surface area contributed by atoms with Gasteiger partial charge in [0, 0.05) is 26.8 Å². The van der Waals surface area contributed by atoms with Gasteiger partial charge in [-0.3, -0.25) is 9.59 Å². The van der Waals surface area contributed by atoms with E-state index in [0.717, 1.165) is 0 Å². The predicted octanol–water partition coefficient (Wildman–Crippen LogP) is 0.194. The van der Waals surface area contributed by atoms with Crippen LogP contribution in [0.25, 0.3) is 0 Å². The highest BCUT2D eigenvalue weighted by atomic mass is 16.5. The number of anilines is 1. The first-order valence-corrected chi connectivity index (χ1v) is 5.82. The van der Waals surface area contributed by atoms with Crippen LogP contribution in [-0.2, 0) is 9.59 Å². The van der Waals surface area contributed by atoms with Crippen LogP contribution >= 0.6 is 0 Å². The Morgan fingerprint density at radius 2 is 1.68 bits per heavy atom. The number of carbonyl (C=O) groups excluding carboxylic acids is 2. The quantitative estimate of drug-likeness (QED) is 0.771. The SMILES string of the molecule is CN(C)C(=O)CN(C)C(=O)COc1ccc(N)cc1. The van der Waals surface area contributed by atoms with Crippen molar-refractivity contribution in [3.8, 4) is 5.75 Å². The summed E-state index contributed by atoms with van der Waals surface area (Å²) in [6, 6.07) is 6.76. The van der Waals surface area contributed by atoms with E-state index in [1.54, 1.807) is 45.4 Å². The Balaban J connectivity index is 2.42. The first-order valence-electron chi connectivity index (χ1n) is 5.82. The van der Waals surface area contributed by atoms with Gasteiger partial charge in [-0.15, -0.1) is 0 Å². The van der Waals surface area contributed by atoms with Crippen LogP contribution in [0.1, 0.15) is 0 Å². The Hall–Kier alpha value is -2.24. The van der Waals surface area contributed by atoms with Gasteiger partial charge in [0.1, 0.15) is 5.75 Å². The summed E-state index contributed by atoms with van der Waals surface area (Å²) in [7, 11) is 4.85. The van der Waals surface area contributed by atoms with E-state index in [1.165, 1.54) is 9.80 Å². The molecule has 0 aliphatic heterocycles. The summed E-state index contributed by atoms with van der Waals surface area (Å²) in [6.07, 6.45) is 0. The molecule has 104 valence electrons. The second kappa shape index (κ2) is 6.63. The van der Waals surface area contributed by atoms with E-state index in [2.05, 4.69) is 0 Å². The molecule has 0 saturated heterocycles. The van der Waals surface area contributed by atoms with Gasteiger partial charge in [0.2, 0.25) is 5.91 Å². The average molecular weight is 265 g/mol. The fraction of sp³-hybridized carbons (Fsp3) is 0.385. The molecule has 0 unspecified atom stereocenters. The Morgan fingerprint density at radius 1 is 1.11 bits per heavy atom. The third-order valence-corrected chi connectivity index (χ3v) is 2.54. The van der Waals surface area contributed by atoms with Crippen LogP contribution in [0.15, 0.2) is 24.3 Å². The van der Waals surface area contributed by atoms with Gasteiger partial charge in [-0.25, -0.2) is 0 Å². The molecule has 0 spiro atoms.